The molecule has 0 bridgehead atoms. The summed E-state index contributed by atoms with van der Waals surface area (Å²) < 4.78 is 4.26. The molecule has 4 rings (SSSR count). The Balaban J connectivity index is 1.44. The normalized spacial score (nSPS) is 16.6. The zero-order chi connectivity index (χ0) is 22.0. The van der Waals surface area contributed by atoms with Crippen molar-refractivity contribution in [2.24, 2.45) is 0 Å². The molecular weight excluding hydrogens is 420 g/mol. The highest BCUT2D eigenvalue weighted by Crippen LogP contribution is 2.33. The summed E-state index contributed by atoms with van der Waals surface area (Å²) in [5, 5.41) is 14.6. The zero-order valence-corrected chi connectivity index (χ0v) is 17.9. The van der Waals surface area contributed by atoms with Crippen molar-refractivity contribution in [3.63, 3.8) is 0 Å². The topological polar surface area (TPSA) is 128 Å². The fourth-order valence-corrected chi connectivity index (χ4v) is 4.36. The Morgan fingerprint density at radius 2 is 1.74 bits per heavy atom. The predicted octanol–water partition coefficient (Wildman–Crippen LogP) is 2.70. The number of likely N-dealkylation sites (tertiary alicyclic amines) is 1. The molecule has 0 radical (unpaired) electrons. The van der Waals surface area contributed by atoms with Crippen molar-refractivity contribution in [3.8, 4) is 11.4 Å². The summed E-state index contributed by atoms with van der Waals surface area (Å²) in [5.74, 6) is 0.464. The van der Waals surface area contributed by atoms with E-state index in [1.807, 2.05) is 4.90 Å². The van der Waals surface area contributed by atoms with E-state index in [4.69, 9.17) is 5.11 Å². The Kier molecular flexibility index (Phi) is 6.03. The van der Waals surface area contributed by atoms with Crippen LogP contribution in [0.4, 0.5) is 14.7 Å². The van der Waals surface area contributed by atoms with Crippen molar-refractivity contribution >= 4 is 34.7 Å². The molecule has 1 saturated heterocycles. The van der Waals surface area contributed by atoms with Gasteiger partial charge in [-0.05, 0) is 37.8 Å². The number of hydrogen-bond acceptors (Lipinski definition) is 6. The summed E-state index contributed by atoms with van der Waals surface area (Å²) in [7, 11) is 1.52. The smallest absolute Gasteiger partial charge is 0.407 e. The van der Waals surface area contributed by atoms with Gasteiger partial charge in [-0.15, -0.1) is 0 Å². The number of urea groups is 1. The van der Waals surface area contributed by atoms with E-state index >= 15 is 0 Å². The van der Waals surface area contributed by atoms with Crippen molar-refractivity contribution in [2.45, 2.75) is 37.8 Å². The highest BCUT2D eigenvalue weighted by Gasteiger charge is 2.39. The van der Waals surface area contributed by atoms with Crippen LogP contribution in [0.1, 0.15) is 36.0 Å². The number of carboxylic acid groups (broad SMARTS) is 1. The number of nitrogens with zero attached hydrogens (tertiary/aromatic N) is 4. The van der Waals surface area contributed by atoms with E-state index < -0.39 is 6.09 Å². The molecular formula is C20H24N6O4S. The molecule has 4 amide bonds. The van der Waals surface area contributed by atoms with Gasteiger partial charge in [-0.25, -0.2) is 9.59 Å². The highest BCUT2D eigenvalue weighted by atomic mass is 32.1. The van der Waals surface area contributed by atoms with Crippen LogP contribution in [-0.4, -0.2) is 74.5 Å². The van der Waals surface area contributed by atoms with Gasteiger partial charge in [0.05, 0.1) is 0 Å². The molecule has 1 saturated carbocycles. The second-order valence-corrected chi connectivity index (χ2v) is 8.40. The molecule has 1 aliphatic heterocycles. The third kappa shape index (κ3) is 4.76. The zero-order valence-electron chi connectivity index (χ0n) is 17.1. The SMILES string of the molecule is CNC(=O)Nc1nc(-c2ccc(C(=O)N(C3CC3)C3CCN(C(=O)O)CC3)cc2)ns1. The van der Waals surface area contributed by atoms with Gasteiger partial charge in [0.15, 0.2) is 5.82 Å². The number of carbonyl (C=O) groups is 3. The minimum absolute atomic E-state index is 0.0176. The monoisotopic (exact) mass is 444 g/mol. The Bertz CT molecular complexity index is 966. The standard InChI is InChI=1S/C20H24N6O4S/c1-21-18(28)23-19-22-16(24-31-19)12-2-4-13(5-3-12)17(27)26(14-6-7-14)15-8-10-25(11-9-15)20(29)30/h2-5,14-15H,6-11H2,1H3,(H,29,30)(H2,21,22,23,24,28). The largest absolute Gasteiger partial charge is 0.465 e. The van der Waals surface area contributed by atoms with Crippen LogP contribution in [-0.2, 0) is 0 Å². The Morgan fingerprint density at radius 3 is 2.32 bits per heavy atom. The van der Waals surface area contributed by atoms with Crippen molar-refractivity contribution in [2.75, 3.05) is 25.5 Å². The van der Waals surface area contributed by atoms with Crippen LogP contribution in [0.25, 0.3) is 11.4 Å². The molecule has 0 unspecified atom stereocenters. The van der Waals surface area contributed by atoms with Crippen LogP contribution in [0.2, 0.25) is 0 Å². The molecule has 1 aliphatic carbocycles. The second kappa shape index (κ2) is 8.88. The van der Waals surface area contributed by atoms with Crippen molar-refractivity contribution in [1.29, 1.82) is 0 Å². The van der Waals surface area contributed by atoms with E-state index in [0.717, 1.165) is 29.9 Å². The van der Waals surface area contributed by atoms with Gasteiger partial charge in [0.25, 0.3) is 5.91 Å². The second-order valence-electron chi connectivity index (χ2n) is 7.65. The van der Waals surface area contributed by atoms with E-state index in [-0.39, 0.29) is 24.0 Å². The summed E-state index contributed by atoms with van der Waals surface area (Å²) in [4.78, 5) is 43.5. The molecule has 31 heavy (non-hydrogen) atoms. The molecule has 2 fully saturated rings. The molecule has 11 heteroatoms. The number of rotatable bonds is 5. The van der Waals surface area contributed by atoms with Crippen LogP contribution in [0, 0.1) is 0 Å². The fraction of sp³-hybridized carbons (Fsp3) is 0.450. The lowest BCUT2D eigenvalue weighted by Gasteiger charge is -2.38. The summed E-state index contributed by atoms with van der Waals surface area (Å²) in [5.41, 5.74) is 1.35. The van der Waals surface area contributed by atoms with E-state index in [9.17, 15) is 14.4 Å². The van der Waals surface area contributed by atoms with E-state index in [1.54, 1.807) is 24.3 Å². The first-order chi connectivity index (χ1) is 15.0. The van der Waals surface area contributed by atoms with Gasteiger partial charge in [0.1, 0.15) is 0 Å². The summed E-state index contributed by atoms with van der Waals surface area (Å²) in [6, 6.07) is 7.09. The van der Waals surface area contributed by atoms with Crippen LogP contribution < -0.4 is 10.6 Å². The molecule has 0 atom stereocenters. The van der Waals surface area contributed by atoms with E-state index in [2.05, 4.69) is 20.0 Å². The number of carbonyl (C=O) groups excluding carboxylic acids is 2. The van der Waals surface area contributed by atoms with Gasteiger partial charge in [0, 0.05) is 54.9 Å². The molecule has 10 nitrogen and oxygen atoms in total. The van der Waals surface area contributed by atoms with Crippen molar-refractivity contribution in [3.05, 3.63) is 29.8 Å². The van der Waals surface area contributed by atoms with Gasteiger partial charge in [-0.3, -0.25) is 10.1 Å². The molecule has 2 aliphatic rings. The number of amides is 4. The van der Waals surface area contributed by atoms with E-state index in [0.29, 0.717) is 42.5 Å². The van der Waals surface area contributed by atoms with Crippen molar-refractivity contribution in [1.82, 2.24) is 24.5 Å². The molecule has 3 N–H and O–H groups in total. The maximum absolute atomic E-state index is 13.3. The molecule has 2 heterocycles. The van der Waals surface area contributed by atoms with Gasteiger partial charge in [-0.2, -0.15) is 9.36 Å². The van der Waals surface area contributed by atoms with Gasteiger partial charge < -0.3 is 20.2 Å². The first-order valence-corrected chi connectivity index (χ1v) is 11.0. The number of hydrogen-bond donors (Lipinski definition) is 3. The third-order valence-electron chi connectivity index (χ3n) is 5.57. The average Bonchev–Trinajstić information content (AvgIpc) is 3.51. The number of nitrogens with one attached hydrogen (secondary N) is 2. The molecule has 1 aromatic carbocycles. The Labute approximate surface area is 183 Å². The van der Waals surface area contributed by atoms with Crippen LogP contribution >= 0.6 is 11.5 Å². The molecule has 0 spiro atoms. The van der Waals surface area contributed by atoms with E-state index in [1.165, 1.54) is 11.9 Å². The summed E-state index contributed by atoms with van der Waals surface area (Å²) in [6.07, 6.45) is 2.41. The maximum atomic E-state index is 13.3. The van der Waals surface area contributed by atoms with Crippen LogP contribution in [0.15, 0.2) is 24.3 Å². The number of aromatic nitrogens is 2. The van der Waals surface area contributed by atoms with Crippen LogP contribution in [0.5, 0.6) is 0 Å². The first-order valence-electron chi connectivity index (χ1n) is 10.2. The minimum atomic E-state index is -0.900. The number of piperidine rings is 1. The van der Waals surface area contributed by atoms with Crippen molar-refractivity contribution < 1.29 is 19.5 Å². The predicted molar refractivity (Wildman–Crippen MR) is 115 cm³/mol. The highest BCUT2D eigenvalue weighted by molar-refractivity contribution is 7.10. The molecule has 2 aromatic rings. The Morgan fingerprint density at radius 1 is 1.10 bits per heavy atom. The average molecular weight is 445 g/mol. The van der Waals surface area contributed by atoms with Gasteiger partial charge in [-0.1, -0.05) is 12.1 Å². The lowest BCUT2D eigenvalue weighted by atomic mass is 10.0. The summed E-state index contributed by atoms with van der Waals surface area (Å²) in [6.45, 7) is 0.911. The first kappa shape index (κ1) is 21.0. The number of anilines is 1. The molecule has 164 valence electrons. The summed E-state index contributed by atoms with van der Waals surface area (Å²) >= 11 is 1.08. The molecule has 1 aromatic heterocycles. The maximum Gasteiger partial charge on any atom is 0.407 e. The van der Waals surface area contributed by atoms with Gasteiger partial charge >= 0.3 is 12.1 Å². The Hall–Kier alpha value is -3.21. The quantitative estimate of drug-likeness (QED) is 0.651. The van der Waals surface area contributed by atoms with Crippen LogP contribution in [0.3, 0.4) is 0 Å². The fourth-order valence-electron chi connectivity index (χ4n) is 3.78. The van der Waals surface area contributed by atoms with Gasteiger partial charge in [0.2, 0.25) is 5.13 Å². The lowest BCUT2D eigenvalue weighted by molar-refractivity contribution is 0.0551. The minimum Gasteiger partial charge on any atom is -0.465 e. The lowest BCUT2D eigenvalue weighted by Crippen LogP contribution is -2.49. The third-order valence-corrected chi connectivity index (χ3v) is 6.20. The number of benzene rings is 1.